The molecule has 0 spiro atoms. The molecule has 3 aliphatic rings. The predicted molar refractivity (Wildman–Crippen MR) is 250 cm³/mol. The second kappa shape index (κ2) is 19.0. The minimum absolute atomic E-state index is 0.0250. The number of fused-ring (bicyclic) bond motifs is 4. The minimum Gasteiger partial charge on any atom is -0.468 e. The number of benzene rings is 2. The van der Waals surface area contributed by atoms with E-state index >= 15 is 8.78 Å². The van der Waals surface area contributed by atoms with E-state index in [0.717, 1.165) is 63.4 Å². The van der Waals surface area contributed by atoms with Crippen LogP contribution in [-0.2, 0) is 20.6 Å². The summed E-state index contributed by atoms with van der Waals surface area (Å²) in [5.41, 5.74) is 6.38. The van der Waals surface area contributed by atoms with Crippen LogP contribution in [0.4, 0.5) is 19.4 Å². The molecule has 7 rings (SSSR count). The first-order valence-corrected chi connectivity index (χ1v) is 25.1. The fourth-order valence-electron chi connectivity index (χ4n) is 10.6. The van der Waals surface area contributed by atoms with E-state index < -0.39 is 25.3 Å². The average Bonchev–Trinajstić information content (AvgIpc) is 3.50. The number of anilines is 1. The lowest BCUT2D eigenvalue weighted by Gasteiger charge is -2.42. The first-order valence-electron chi connectivity index (χ1n) is 22.9. The fourth-order valence-corrected chi connectivity index (χ4v) is 15.8. The minimum atomic E-state index is -2.29. The third kappa shape index (κ3) is 9.42. The molecule has 3 saturated heterocycles. The summed E-state index contributed by atoms with van der Waals surface area (Å²) in [4.78, 5) is 30.2. The van der Waals surface area contributed by atoms with Crippen molar-refractivity contribution in [3.05, 3.63) is 58.9 Å². The largest absolute Gasteiger partial charge is 0.468 e. The van der Waals surface area contributed by atoms with E-state index in [1.54, 1.807) is 25.4 Å². The van der Waals surface area contributed by atoms with Crippen molar-refractivity contribution >= 4 is 41.5 Å². The summed E-state index contributed by atoms with van der Waals surface area (Å²) >= 11 is 0. The maximum atomic E-state index is 18.1. The lowest BCUT2D eigenvalue weighted by molar-refractivity contribution is 0.0122. The van der Waals surface area contributed by atoms with Crippen LogP contribution in [0.3, 0.4) is 0 Å². The van der Waals surface area contributed by atoms with Gasteiger partial charge in [-0.25, -0.2) is 18.6 Å². The lowest BCUT2D eigenvalue weighted by Crippen LogP contribution is -2.57. The van der Waals surface area contributed by atoms with Gasteiger partial charge in [0.05, 0.1) is 30.9 Å². The summed E-state index contributed by atoms with van der Waals surface area (Å²) in [5.74, 6) is 3.51. The number of hydrogen-bond donors (Lipinski definition) is 0. The second-order valence-electron chi connectivity index (χ2n) is 19.6. The molecule has 3 aliphatic heterocycles. The van der Waals surface area contributed by atoms with Crippen molar-refractivity contribution in [1.82, 2.24) is 19.8 Å². The topological polar surface area (TPSA) is 89.5 Å². The highest BCUT2D eigenvalue weighted by Gasteiger charge is 2.45. The van der Waals surface area contributed by atoms with Gasteiger partial charge in [-0.2, -0.15) is 0 Å². The Balaban J connectivity index is 1.40. The van der Waals surface area contributed by atoms with E-state index in [1.807, 2.05) is 38.7 Å². The van der Waals surface area contributed by atoms with E-state index in [2.05, 4.69) is 62.8 Å². The molecule has 63 heavy (non-hydrogen) atoms. The molecular formula is C50H67F2N5O5Si. The maximum Gasteiger partial charge on any atom is 0.410 e. The molecule has 5 heterocycles. The maximum absolute atomic E-state index is 18.1. The number of halogens is 2. The van der Waals surface area contributed by atoms with Gasteiger partial charge in [-0.3, -0.25) is 14.8 Å². The molecule has 2 atom stereocenters. The van der Waals surface area contributed by atoms with Crippen LogP contribution >= 0.6 is 0 Å². The molecule has 10 nitrogen and oxygen atoms in total. The van der Waals surface area contributed by atoms with Gasteiger partial charge in [-0.15, -0.1) is 5.54 Å². The number of aryl methyl sites for hydroxylation is 2. The van der Waals surface area contributed by atoms with E-state index in [0.29, 0.717) is 74.8 Å². The zero-order valence-electron chi connectivity index (χ0n) is 39.3. The van der Waals surface area contributed by atoms with Gasteiger partial charge >= 0.3 is 6.09 Å². The van der Waals surface area contributed by atoms with Crippen molar-refractivity contribution in [2.45, 2.75) is 129 Å². The van der Waals surface area contributed by atoms with Gasteiger partial charge in [0.2, 0.25) is 0 Å². The summed E-state index contributed by atoms with van der Waals surface area (Å²) in [6, 6.07) is 6.54. The highest BCUT2D eigenvalue weighted by atomic mass is 28.3. The van der Waals surface area contributed by atoms with Crippen LogP contribution in [0, 0.1) is 30.0 Å². The van der Waals surface area contributed by atoms with Crippen LogP contribution in [0.1, 0.15) is 98.4 Å². The van der Waals surface area contributed by atoms with Gasteiger partial charge < -0.3 is 23.8 Å². The molecule has 2 aromatic carbocycles. The van der Waals surface area contributed by atoms with Crippen molar-refractivity contribution in [1.29, 1.82) is 0 Å². The van der Waals surface area contributed by atoms with Crippen molar-refractivity contribution in [3.8, 4) is 28.5 Å². The Bertz CT molecular complexity index is 2350. The van der Waals surface area contributed by atoms with Crippen LogP contribution in [0.5, 0.6) is 5.75 Å². The zero-order chi connectivity index (χ0) is 45.4. The molecule has 1 amide bonds. The van der Waals surface area contributed by atoms with Crippen molar-refractivity contribution in [3.63, 3.8) is 0 Å². The Morgan fingerprint density at radius 3 is 2.27 bits per heavy atom. The van der Waals surface area contributed by atoms with Crippen LogP contribution < -0.4 is 9.64 Å². The molecule has 0 saturated carbocycles. The van der Waals surface area contributed by atoms with E-state index in [-0.39, 0.29) is 36.2 Å². The Hall–Kier alpha value is -4.35. The van der Waals surface area contributed by atoms with Crippen molar-refractivity contribution in [2.75, 3.05) is 64.7 Å². The summed E-state index contributed by atoms with van der Waals surface area (Å²) in [6.45, 7) is 26.1. The smallest absolute Gasteiger partial charge is 0.410 e. The molecule has 0 aliphatic carbocycles. The van der Waals surface area contributed by atoms with Gasteiger partial charge in [0.15, 0.2) is 12.6 Å². The van der Waals surface area contributed by atoms with E-state index in [4.69, 9.17) is 28.9 Å². The summed E-state index contributed by atoms with van der Waals surface area (Å²) in [7, 11) is -0.746. The third-order valence-corrected chi connectivity index (χ3v) is 19.9. The average molecular weight is 884 g/mol. The number of carbonyl (C=O) groups is 1. The number of rotatable bonds is 12. The van der Waals surface area contributed by atoms with Crippen LogP contribution in [-0.4, -0.2) is 111 Å². The standard InChI is InChI=1S/C50H67F2N5O5Si/c1-31(2)63(32(3)4,33(5)6)24-18-39-42(51)17-14-35-25-38(61-30-59-11)26-40(45(35)39)47-46(52)44-34(7)43(13-12-19-55-20-22-60-23-21-55)54-48(41(44)27-53-47)56-28-36-15-16-37(29-56)57(36)49(58)62-50(8,9)10/h14,17,25-27,31-33,36-37H,12-13,15-16,19-23,28-30H2,1-11H3. The van der Waals surface area contributed by atoms with Crippen molar-refractivity contribution in [2.24, 2.45) is 0 Å². The summed E-state index contributed by atoms with van der Waals surface area (Å²) < 4.78 is 57.2. The molecule has 4 aromatic rings. The number of morpholine rings is 1. The number of aromatic nitrogens is 2. The van der Waals surface area contributed by atoms with Crippen LogP contribution in [0.25, 0.3) is 32.8 Å². The number of piperazine rings is 1. The van der Waals surface area contributed by atoms with E-state index in [1.165, 1.54) is 6.07 Å². The summed E-state index contributed by atoms with van der Waals surface area (Å²) in [5, 5.41) is 2.18. The van der Waals surface area contributed by atoms with Gasteiger partial charge in [-0.05, 0) is 106 Å². The third-order valence-electron chi connectivity index (χ3n) is 13.6. The van der Waals surface area contributed by atoms with Gasteiger partial charge in [-0.1, -0.05) is 53.5 Å². The van der Waals surface area contributed by atoms with Crippen LogP contribution in [0.15, 0.2) is 30.5 Å². The van der Waals surface area contributed by atoms with Crippen LogP contribution in [0.2, 0.25) is 16.6 Å². The Morgan fingerprint density at radius 1 is 0.984 bits per heavy atom. The molecule has 13 heteroatoms. The number of nitrogens with zero attached hydrogens (tertiary/aromatic N) is 5. The van der Waals surface area contributed by atoms with Crippen molar-refractivity contribution < 1.29 is 32.5 Å². The number of methoxy groups -OCH3 is 1. The molecule has 2 unspecified atom stereocenters. The highest BCUT2D eigenvalue weighted by molar-refractivity contribution is 6.90. The van der Waals surface area contributed by atoms with Gasteiger partial charge in [0.1, 0.15) is 36.8 Å². The Morgan fingerprint density at radius 2 is 1.65 bits per heavy atom. The second-order valence-corrected chi connectivity index (χ2v) is 25.2. The molecule has 2 aromatic heterocycles. The molecule has 0 N–H and O–H groups in total. The summed E-state index contributed by atoms with van der Waals surface area (Å²) in [6.07, 6.45) is 4.60. The fraction of sp³-hybridized carbons (Fsp3) is 0.580. The van der Waals surface area contributed by atoms with Gasteiger partial charge in [0.25, 0.3) is 0 Å². The normalized spacial score (nSPS) is 18.5. The quantitative estimate of drug-likeness (QED) is 0.0784. The number of pyridine rings is 2. The monoisotopic (exact) mass is 883 g/mol. The zero-order valence-corrected chi connectivity index (χ0v) is 40.3. The molecule has 340 valence electrons. The highest BCUT2D eigenvalue weighted by Crippen LogP contribution is 2.44. The van der Waals surface area contributed by atoms with E-state index in [9.17, 15) is 4.79 Å². The number of ether oxygens (including phenoxy) is 4. The number of carbonyl (C=O) groups excluding carboxylic acids is 1. The predicted octanol–water partition coefficient (Wildman–Crippen LogP) is 10.4. The number of hydrogen-bond acceptors (Lipinski definition) is 9. The lowest BCUT2D eigenvalue weighted by atomic mass is 9.94. The molecule has 2 bridgehead atoms. The first-order chi connectivity index (χ1) is 29.9. The SMILES string of the molecule is COCOc1cc(-c2ncc3c(N4CC5CCC(C4)N5C(=O)OC(C)(C)C)nc(CCCN4CCOCC4)c(C)c3c2F)c2c(C#C[Si](C(C)C)(C(C)C)C(C)C)c(F)ccc2c1. The van der Waals surface area contributed by atoms with Gasteiger partial charge in [0, 0.05) is 66.9 Å². The Labute approximate surface area is 374 Å². The number of amides is 1. The molecule has 0 radical (unpaired) electrons. The molecular weight excluding hydrogens is 817 g/mol. The first kappa shape index (κ1) is 46.6. The Kier molecular flexibility index (Phi) is 14.1. The molecule has 3 fully saturated rings.